The number of methoxy groups -OCH3 is 1. The summed E-state index contributed by atoms with van der Waals surface area (Å²) in [7, 11) is 5.21. The molecule has 0 aliphatic rings. The van der Waals surface area contributed by atoms with Crippen molar-refractivity contribution in [3.8, 4) is 11.4 Å². The molecule has 0 atom stereocenters. The number of nitrogens with one attached hydrogen (secondary N) is 2. The molecule has 106 valence electrons. The lowest BCUT2D eigenvalue weighted by Gasteiger charge is -2.06. The van der Waals surface area contributed by atoms with E-state index in [-0.39, 0.29) is 0 Å². The summed E-state index contributed by atoms with van der Waals surface area (Å²) in [6.45, 7) is 0.622. The summed E-state index contributed by atoms with van der Waals surface area (Å²) in [4.78, 5) is 4.05. The van der Waals surface area contributed by atoms with Gasteiger partial charge in [0, 0.05) is 20.3 Å². The molecule has 0 spiro atoms. The number of hydrogen-bond donors (Lipinski definition) is 2. The fourth-order valence-corrected chi connectivity index (χ4v) is 1.79. The van der Waals surface area contributed by atoms with Gasteiger partial charge in [0.15, 0.2) is 5.96 Å². The summed E-state index contributed by atoms with van der Waals surface area (Å²) in [5, 5.41) is 10.6. The van der Waals surface area contributed by atoms with E-state index in [1.165, 1.54) is 0 Å². The van der Waals surface area contributed by atoms with E-state index in [9.17, 15) is 0 Å². The second-order valence-corrected chi connectivity index (χ2v) is 4.13. The van der Waals surface area contributed by atoms with Crippen LogP contribution in [0.25, 0.3) is 5.69 Å². The Bertz CT molecular complexity index is 574. The van der Waals surface area contributed by atoms with Gasteiger partial charge in [0.05, 0.1) is 25.0 Å². The summed E-state index contributed by atoms with van der Waals surface area (Å²) in [5.41, 5.74) is 1.94. The number of benzene rings is 1. The van der Waals surface area contributed by atoms with Crippen LogP contribution in [0.5, 0.6) is 5.75 Å². The van der Waals surface area contributed by atoms with Gasteiger partial charge in [-0.3, -0.25) is 4.99 Å². The molecule has 2 N–H and O–H groups in total. The maximum Gasteiger partial charge on any atom is 0.191 e. The Hall–Kier alpha value is -2.50. The van der Waals surface area contributed by atoms with E-state index < -0.39 is 0 Å². The molecule has 0 saturated heterocycles. The number of aliphatic imine (C=N–C) groups is 1. The first-order chi connectivity index (χ1) is 9.76. The third-order valence-corrected chi connectivity index (χ3v) is 2.88. The average Bonchev–Trinajstić information content (AvgIpc) is 2.97. The Balaban J connectivity index is 2.04. The van der Waals surface area contributed by atoms with Crippen molar-refractivity contribution in [2.45, 2.75) is 6.54 Å². The molecular formula is C14H19N5O. The highest BCUT2D eigenvalue weighted by Gasteiger charge is 2.02. The van der Waals surface area contributed by atoms with Crippen LogP contribution < -0.4 is 15.4 Å². The molecule has 0 amide bonds. The van der Waals surface area contributed by atoms with Gasteiger partial charge >= 0.3 is 0 Å². The van der Waals surface area contributed by atoms with Gasteiger partial charge in [-0.2, -0.15) is 5.10 Å². The highest BCUT2D eigenvalue weighted by atomic mass is 16.5. The predicted molar refractivity (Wildman–Crippen MR) is 79.4 cm³/mol. The van der Waals surface area contributed by atoms with E-state index in [0.717, 1.165) is 23.1 Å². The standard InChI is InChI=1S/C14H19N5O/c1-15-14(16-2)17-10-11-8-9-19(18-11)12-4-6-13(20-3)7-5-12/h4-9H,10H2,1-3H3,(H2,15,16,17). The first-order valence-corrected chi connectivity index (χ1v) is 6.34. The smallest absolute Gasteiger partial charge is 0.191 e. The largest absolute Gasteiger partial charge is 0.497 e. The number of nitrogens with zero attached hydrogens (tertiary/aromatic N) is 3. The molecule has 2 rings (SSSR count). The first-order valence-electron chi connectivity index (χ1n) is 6.34. The SMILES string of the molecule is CN=C(NC)NCc1ccn(-c2ccc(OC)cc2)n1. The first kappa shape index (κ1) is 13.9. The number of guanidine groups is 1. The Labute approximate surface area is 118 Å². The Kier molecular flexibility index (Phi) is 4.60. The lowest BCUT2D eigenvalue weighted by Crippen LogP contribution is -2.34. The maximum atomic E-state index is 5.14. The number of hydrogen-bond acceptors (Lipinski definition) is 3. The zero-order valence-electron chi connectivity index (χ0n) is 11.9. The van der Waals surface area contributed by atoms with Gasteiger partial charge in [0.1, 0.15) is 5.75 Å². The van der Waals surface area contributed by atoms with Gasteiger partial charge in [0.25, 0.3) is 0 Å². The Morgan fingerprint density at radius 2 is 2.05 bits per heavy atom. The molecule has 0 bridgehead atoms. The summed E-state index contributed by atoms with van der Waals surface area (Å²) in [6, 6.07) is 9.74. The average molecular weight is 273 g/mol. The molecule has 0 radical (unpaired) electrons. The van der Waals surface area contributed by atoms with E-state index >= 15 is 0 Å². The highest BCUT2D eigenvalue weighted by Crippen LogP contribution is 2.14. The van der Waals surface area contributed by atoms with Gasteiger partial charge in [-0.05, 0) is 30.3 Å². The Morgan fingerprint density at radius 3 is 2.65 bits per heavy atom. The Morgan fingerprint density at radius 1 is 1.30 bits per heavy atom. The fraction of sp³-hybridized carbons (Fsp3) is 0.286. The molecule has 6 nitrogen and oxygen atoms in total. The quantitative estimate of drug-likeness (QED) is 0.648. The second kappa shape index (κ2) is 6.60. The van der Waals surface area contributed by atoms with Gasteiger partial charge < -0.3 is 15.4 Å². The van der Waals surface area contributed by atoms with E-state index in [1.54, 1.807) is 14.2 Å². The van der Waals surface area contributed by atoms with E-state index in [2.05, 4.69) is 20.7 Å². The molecule has 2 aromatic rings. The topological polar surface area (TPSA) is 63.5 Å². The molecule has 20 heavy (non-hydrogen) atoms. The van der Waals surface area contributed by atoms with Crippen LogP contribution in [0.15, 0.2) is 41.5 Å². The zero-order chi connectivity index (χ0) is 14.4. The molecular weight excluding hydrogens is 254 g/mol. The monoisotopic (exact) mass is 273 g/mol. The summed E-state index contributed by atoms with van der Waals surface area (Å²) < 4.78 is 6.97. The van der Waals surface area contributed by atoms with Crippen LogP contribution in [-0.4, -0.2) is 36.9 Å². The number of rotatable bonds is 4. The number of ether oxygens (including phenoxy) is 1. The molecule has 1 aromatic heterocycles. The second-order valence-electron chi connectivity index (χ2n) is 4.13. The van der Waals surface area contributed by atoms with Crippen LogP contribution in [0.3, 0.4) is 0 Å². The van der Waals surface area contributed by atoms with Gasteiger partial charge in [-0.1, -0.05) is 0 Å². The third-order valence-electron chi connectivity index (χ3n) is 2.88. The van der Waals surface area contributed by atoms with Crippen LogP contribution in [0.4, 0.5) is 0 Å². The van der Waals surface area contributed by atoms with Crippen molar-refractivity contribution >= 4 is 5.96 Å². The normalized spacial score (nSPS) is 11.2. The van der Waals surface area contributed by atoms with Crippen LogP contribution in [0.1, 0.15) is 5.69 Å². The lowest BCUT2D eigenvalue weighted by molar-refractivity contribution is 0.414. The minimum Gasteiger partial charge on any atom is -0.497 e. The maximum absolute atomic E-state index is 5.14. The molecule has 1 heterocycles. The van der Waals surface area contributed by atoms with E-state index in [0.29, 0.717) is 6.54 Å². The molecule has 0 aliphatic carbocycles. The molecule has 0 aliphatic heterocycles. The lowest BCUT2D eigenvalue weighted by atomic mass is 10.3. The van der Waals surface area contributed by atoms with Crippen LogP contribution in [0.2, 0.25) is 0 Å². The molecule has 6 heteroatoms. The van der Waals surface area contributed by atoms with Crippen molar-refractivity contribution in [3.63, 3.8) is 0 Å². The van der Waals surface area contributed by atoms with Crippen LogP contribution >= 0.6 is 0 Å². The van der Waals surface area contributed by atoms with E-state index in [4.69, 9.17) is 4.74 Å². The third kappa shape index (κ3) is 3.28. The van der Waals surface area contributed by atoms with Crippen molar-refractivity contribution in [1.82, 2.24) is 20.4 Å². The van der Waals surface area contributed by atoms with Crippen molar-refractivity contribution in [3.05, 3.63) is 42.2 Å². The van der Waals surface area contributed by atoms with Gasteiger partial charge in [-0.15, -0.1) is 0 Å². The molecule has 0 fully saturated rings. The van der Waals surface area contributed by atoms with Crippen molar-refractivity contribution in [2.75, 3.05) is 21.2 Å². The minimum atomic E-state index is 0.622. The fourth-order valence-electron chi connectivity index (χ4n) is 1.79. The van der Waals surface area contributed by atoms with Crippen molar-refractivity contribution < 1.29 is 4.74 Å². The summed E-state index contributed by atoms with van der Waals surface area (Å²) in [5.74, 6) is 1.57. The molecule has 0 unspecified atom stereocenters. The van der Waals surface area contributed by atoms with E-state index in [1.807, 2.05) is 48.3 Å². The molecule has 1 aromatic carbocycles. The van der Waals surface area contributed by atoms with Gasteiger partial charge in [0.2, 0.25) is 0 Å². The van der Waals surface area contributed by atoms with Gasteiger partial charge in [-0.25, -0.2) is 4.68 Å². The predicted octanol–water partition coefficient (Wildman–Crippen LogP) is 1.18. The highest BCUT2D eigenvalue weighted by molar-refractivity contribution is 5.79. The van der Waals surface area contributed by atoms with Crippen molar-refractivity contribution in [1.29, 1.82) is 0 Å². The minimum absolute atomic E-state index is 0.622. The summed E-state index contributed by atoms with van der Waals surface area (Å²) >= 11 is 0. The molecule has 0 saturated carbocycles. The summed E-state index contributed by atoms with van der Waals surface area (Å²) in [6.07, 6.45) is 1.93. The van der Waals surface area contributed by atoms with Crippen LogP contribution in [0, 0.1) is 0 Å². The van der Waals surface area contributed by atoms with Crippen molar-refractivity contribution in [2.24, 2.45) is 4.99 Å². The zero-order valence-corrected chi connectivity index (χ0v) is 11.9. The number of aromatic nitrogens is 2. The van der Waals surface area contributed by atoms with Crippen LogP contribution in [-0.2, 0) is 6.54 Å².